The van der Waals surface area contributed by atoms with Crippen LogP contribution in [0.1, 0.15) is 37.0 Å². The lowest BCUT2D eigenvalue weighted by molar-refractivity contribution is 0.00696. The number of benzene rings is 1. The SMILES string of the molecule is Cn1ccnc1CNc1cc(C(=O)OC(C)(C)C)ccc1N. The van der Waals surface area contributed by atoms with E-state index in [-0.39, 0.29) is 5.97 Å². The third-order valence-corrected chi connectivity index (χ3v) is 3.05. The monoisotopic (exact) mass is 302 g/mol. The number of ether oxygens (including phenoxy) is 1. The molecule has 0 unspecified atom stereocenters. The maximum Gasteiger partial charge on any atom is 0.338 e. The number of hydrogen-bond acceptors (Lipinski definition) is 5. The molecule has 0 saturated carbocycles. The van der Waals surface area contributed by atoms with Crippen molar-refractivity contribution in [1.82, 2.24) is 9.55 Å². The van der Waals surface area contributed by atoms with Gasteiger partial charge in [0.05, 0.1) is 23.5 Å². The van der Waals surface area contributed by atoms with Gasteiger partial charge in [0.25, 0.3) is 0 Å². The van der Waals surface area contributed by atoms with Crippen LogP contribution < -0.4 is 11.1 Å². The third kappa shape index (κ3) is 4.00. The molecular weight excluding hydrogens is 280 g/mol. The molecule has 0 radical (unpaired) electrons. The molecule has 2 rings (SSSR count). The lowest BCUT2D eigenvalue weighted by Gasteiger charge is -2.20. The molecule has 22 heavy (non-hydrogen) atoms. The molecule has 1 heterocycles. The lowest BCUT2D eigenvalue weighted by Crippen LogP contribution is -2.24. The number of imidazole rings is 1. The van der Waals surface area contributed by atoms with Crippen molar-refractivity contribution >= 4 is 17.3 Å². The summed E-state index contributed by atoms with van der Waals surface area (Å²) in [6.45, 7) is 6.03. The van der Waals surface area contributed by atoms with Crippen LogP contribution in [-0.4, -0.2) is 21.1 Å². The number of nitrogens with one attached hydrogen (secondary N) is 1. The first-order chi connectivity index (χ1) is 10.3. The smallest absolute Gasteiger partial charge is 0.338 e. The van der Waals surface area contributed by atoms with Crippen molar-refractivity contribution in [2.75, 3.05) is 11.1 Å². The highest BCUT2D eigenvalue weighted by molar-refractivity contribution is 5.92. The summed E-state index contributed by atoms with van der Waals surface area (Å²) in [7, 11) is 1.92. The Morgan fingerprint density at radius 3 is 2.73 bits per heavy atom. The molecule has 0 fully saturated rings. The summed E-state index contributed by atoms with van der Waals surface area (Å²) in [5, 5.41) is 3.20. The van der Waals surface area contributed by atoms with Gasteiger partial charge in [0.1, 0.15) is 11.4 Å². The Kier molecular flexibility index (Phi) is 4.40. The number of carbonyl (C=O) groups excluding carboxylic acids is 1. The molecule has 1 aromatic carbocycles. The van der Waals surface area contributed by atoms with Gasteiger partial charge in [-0.25, -0.2) is 9.78 Å². The summed E-state index contributed by atoms with van der Waals surface area (Å²) in [6, 6.07) is 5.06. The molecular formula is C16H22N4O2. The summed E-state index contributed by atoms with van der Waals surface area (Å²) >= 11 is 0. The Labute approximate surface area is 130 Å². The summed E-state index contributed by atoms with van der Waals surface area (Å²) < 4.78 is 7.28. The first kappa shape index (κ1) is 15.9. The van der Waals surface area contributed by atoms with E-state index in [1.807, 2.05) is 38.6 Å². The summed E-state index contributed by atoms with van der Waals surface area (Å²) in [6.07, 6.45) is 3.61. The Morgan fingerprint density at radius 2 is 2.14 bits per heavy atom. The van der Waals surface area contributed by atoms with Crippen LogP contribution in [0.2, 0.25) is 0 Å². The maximum atomic E-state index is 12.1. The highest BCUT2D eigenvalue weighted by atomic mass is 16.6. The van der Waals surface area contributed by atoms with Crippen molar-refractivity contribution in [3.05, 3.63) is 42.0 Å². The second-order valence-electron chi connectivity index (χ2n) is 6.11. The molecule has 0 atom stereocenters. The van der Waals surface area contributed by atoms with Crippen molar-refractivity contribution in [2.45, 2.75) is 32.9 Å². The summed E-state index contributed by atoms with van der Waals surface area (Å²) in [5.41, 5.74) is 7.15. The molecule has 1 aromatic heterocycles. The van der Waals surface area contributed by atoms with Crippen LogP contribution in [-0.2, 0) is 18.3 Å². The van der Waals surface area contributed by atoms with Gasteiger partial charge in [-0.1, -0.05) is 0 Å². The number of nitrogens with two attached hydrogens (primary N) is 1. The molecule has 118 valence electrons. The highest BCUT2D eigenvalue weighted by Crippen LogP contribution is 2.22. The van der Waals surface area contributed by atoms with E-state index < -0.39 is 5.60 Å². The van der Waals surface area contributed by atoms with Crippen LogP contribution in [0, 0.1) is 0 Å². The van der Waals surface area contributed by atoms with Crippen LogP contribution in [0.15, 0.2) is 30.6 Å². The minimum absolute atomic E-state index is 0.368. The Bertz CT molecular complexity index is 671. The number of nitrogens with zero attached hydrogens (tertiary/aromatic N) is 2. The van der Waals surface area contributed by atoms with E-state index in [0.29, 0.717) is 23.5 Å². The van der Waals surface area contributed by atoms with Crippen molar-refractivity contribution < 1.29 is 9.53 Å². The molecule has 6 nitrogen and oxygen atoms in total. The number of anilines is 2. The van der Waals surface area contributed by atoms with Crippen LogP contribution in [0.5, 0.6) is 0 Å². The van der Waals surface area contributed by atoms with Crippen LogP contribution in [0.4, 0.5) is 11.4 Å². The zero-order chi connectivity index (χ0) is 16.3. The Hall–Kier alpha value is -2.50. The first-order valence-electron chi connectivity index (χ1n) is 7.09. The fourth-order valence-corrected chi connectivity index (χ4v) is 1.91. The quantitative estimate of drug-likeness (QED) is 0.670. The first-order valence-corrected chi connectivity index (χ1v) is 7.09. The van der Waals surface area contributed by atoms with Gasteiger partial charge in [-0.05, 0) is 39.0 Å². The van der Waals surface area contributed by atoms with E-state index in [1.165, 1.54) is 0 Å². The molecule has 2 aromatic rings. The number of nitrogen functional groups attached to an aromatic ring is 1. The molecule has 0 aliphatic heterocycles. The average Bonchev–Trinajstić information content (AvgIpc) is 2.81. The lowest BCUT2D eigenvalue weighted by atomic mass is 10.1. The minimum atomic E-state index is -0.529. The molecule has 0 saturated heterocycles. The predicted molar refractivity (Wildman–Crippen MR) is 86.6 cm³/mol. The van der Waals surface area contributed by atoms with Gasteiger partial charge in [-0.2, -0.15) is 0 Å². The zero-order valence-electron chi connectivity index (χ0n) is 13.4. The van der Waals surface area contributed by atoms with Gasteiger partial charge in [0.15, 0.2) is 0 Å². The van der Waals surface area contributed by atoms with Crippen molar-refractivity contribution in [3.8, 4) is 0 Å². The largest absolute Gasteiger partial charge is 0.456 e. The molecule has 3 N–H and O–H groups in total. The van der Waals surface area contributed by atoms with E-state index in [4.69, 9.17) is 10.5 Å². The van der Waals surface area contributed by atoms with E-state index in [2.05, 4.69) is 10.3 Å². The molecule has 0 aliphatic rings. The molecule has 0 spiro atoms. The zero-order valence-corrected chi connectivity index (χ0v) is 13.4. The Balaban J connectivity index is 2.13. The van der Waals surface area contributed by atoms with Gasteiger partial charge < -0.3 is 20.4 Å². The predicted octanol–water partition coefficient (Wildman–Crippen LogP) is 2.57. The standard InChI is InChI=1S/C16H22N4O2/c1-16(2,3)22-15(21)11-5-6-12(17)13(9-11)19-10-14-18-7-8-20(14)4/h5-9,19H,10,17H2,1-4H3. The van der Waals surface area contributed by atoms with E-state index in [0.717, 1.165) is 5.82 Å². The number of aryl methyl sites for hydroxylation is 1. The van der Waals surface area contributed by atoms with E-state index >= 15 is 0 Å². The van der Waals surface area contributed by atoms with Gasteiger partial charge in [-0.15, -0.1) is 0 Å². The van der Waals surface area contributed by atoms with Crippen LogP contribution in [0.25, 0.3) is 0 Å². The summed E-state index contributed by atoms with van der Waals surface area (Å²) in [5.74, 6) is 0.509. The molecule has 0 aliphatic carbocycles. The molecule has 6 heteroatoms. The number of aromatic nitrogens is 2. The molecule has 0 amide bonds. The second-order valence-corrected chi connectivity index (χ2v) is 6.11. The van der Waals surface area contributed by atoms with Crippen molar-refractivity contribution in [3.63, 3.8) is 0 Å². The van der Waals surface area contributed by atoms with Crippen molar-refractivity contribution in [1.29, 1.82) is 0 Å². The van der Waals surface area contributed by atoms with Gasteiger partial charge in [0, 0.05) is 19.4 Å². The highest BCUT2D eigenvalue weighted by Gasteiger charge is 2.18. The third-order valence-electron chi connectivity index (χ3n) is 3.05. The van der Waals surface area contributed by atoms with Gasteiger partial charge in [-0.3, -0.25) is 0 Å². The normalized spacial score (nSPS) is 11.3. The van der Waals surface area contributed by atoms with Crippen LogP contribution in [0.3, 0.4) is 0 Å². The minimum Gasteiger partial charge on any atom is -0.456 e. The summed E-state index contributed by atoms with van der Waals surface area (Å²) in [4.78, 5) is 16.3. The number of carbonyl (C=O) groups is 1. The van der Waals surface area contributed by atoms with Gasteiger partial charge >= 0.3 is 5.97 Å². The number of rotatable bonds is 4. The fraction of sp³-hybridized carbons (Fsp3) is 0.375. The maximum absolute atomic E-state index is 12.1. The van der Waals surface area contributed by atoms with Crippen LogP contribution >= 0.6 is 0 Å². The second kappa shape index (κ2) is 6.09. The molecule has 0 bridgehead atoms. The Morgan fingerprint density at radius 1 is 1.41 bits per heavy atom. The fourth-order valence-electron chi connectivity index (χ4n) is 1.91. The number of esters is 1. The van der Waals surface area contributed by atoms with Crippen molar-refractivity contribution in [2.24, 2.45) is 7.05 Å². The van der Waals surface area contributed by atoms with E-state index in [1.54, 1.807) is 24.4 Å². The average molecular weight is 302 g/mol. The number of hydrogen-bond donors (Lipinski definition) is 2. The van der Waals surface area contributed by atoms with E-state index in [9.17, 15) is 4.79 Å². The van der Waals surface area contributed by atoms with Gasteiger partial charge in [0.2, 0.25) is 0 Å². The topological polar surface area (TPSA) is 82.2 Å².